The van der Waals surface area contributed by atoms with Gasteiger partial charge in [-0.1, -0.05) is 0 Å². The smallest absolute Gasteiger partial charge is 0.348 e. The lowest BCUT2D eigenvalue weighted by Gasteiger charge is -2.13. The average Bonchev–Trinajstić information content (AvgIpc) is 3.02. The molecule has 0 saturated carbocycles. The van der Waals surface area contributed by atoms with Gasteiger partial charge >= 0.3 is 5.97 Å². The summed E-state index contributed by atoms with van der Waals surface area (Å²) in [5.74, 6) is 1.64. The number of hydrogen-bond acceptors (Lipinski definition) is 8. The third-order valence-corrected chi connectivity index (χ3v) is 5.17. The van der Waals surface area contributed by atoms with Crippen LogP contribution in [0.25, 0.3) is 10.2 Å². The highest BCUT2D eigenvalue weighted by Crippen LogP contribution is 2.36. The Balaban J connectivity index is 1.98. The fourth-order valence-corrected chi connectivity index (χ4v) is 3.87. The van der Waals surface area contributed by atoms with Crippen LogP contribution >= 0.6 is 11.3 Å². The Hall–Kier alpha value is -2.87. The molecule has 8 heteroatoms. The van der Waals surface area contributed by atoms with E-state index in [0.717, 1.165) is 21.5 Å². The number of nitrogens with zero attached hydrogens (tertiary/aromatic N) is 2. The van der Waals surface area contributed by atoms with Gasteiger partial charge in [-0.05, 0) is 45.4 Å². The molecule has 0 fully saturated rings. The molecule has 2 heterocycles. The second-order valence-corrected chi connectivity index (χ2v) is 6.83. The van der Waals surface area contributed by atoms with Crippen molar-refractivity contribution < 1.29 is 19.0 Å². The number of aromatic nitrogens is 2. The van der Waals surface area contributed by atoms with Gasteiger partial charge in [0.25, 0.3) is 0 Å². The predicted octanol–water partition coefficient (Wildman–Crippen LogP) is 4.72. The Bertz CT molecular complexity index is 987. The standard InChI is InChI=1S/C20H23N3O4S/c1-5-25-14-9-8-13(10-15(14)26-6-2)23-18-16-12(4)17(20(24)27-7-3)28-19(16)22-11-21-18/h8-11H,5-7H2,1-4H3,(H,21,22,23). The van der Waals surface area contributed by atoms with Crippen LogP contribution in [-0.2, 0) is 4.74 Å². The minimum Gasteiger partial charge on any atom is -0.490 e. The molecule has 3 rings (SSSR count). The number of hydrogen-bond donors (Lipinski definition) is 1. The Morgan fingerprint density at radius 2 is 1.82 bits per heavy atom. The quantitative estimate of drug-likeness (QED) is 0.547. The lowest BCUT2D eigenvalue weighted by molar-refractivity contribution is 0.0531. The predicted molar refractivity (Wildman–Crippen MR) is 110 cm³/mol. The fraction of sp³-hybridized carbons (Fsp3) is 0.350. The molecule has 0 atom stereocenters. The van der Waals surface area contributed by atoms with Crippen molar-refractivity contribution in [3.63, 3.8) is 0 Å². The molecule has 0 aliphatic rings. The number of rotatable bonds is 8. The third-order valence-electron chi connectivity index (χ3n) is 3.99. The molecule has 2 aromatic heterocycles. The van der Waals surface area contributed by atoms with Gasteiger partial charge in [0.05, 0.1) is 25.2 Å². The molecule has 7 nitrogen and oxygen atoms in total. The molecule has 3 aromatic rings. The molecule has 1 N–H and O–H groups in total. The van der Waals surface area contributed by atoms with Gasteiger partial charge in [-0.3, -0.25) is 0 Å². The van der Waals surface area contributed by atoms with Crippen LogP contribution < -0.4 is 14.8 Å². The number of aryl methyl sites for hydroxylation is 1. The highest BCUT2D eigenvalue weighted by Gasteiger charge is 2.20. The molecule has 0 amide bonds. The zero-order valence-electron chi connectivity index (χ0n) is 16.4. The number of fused-ring (bicyclic) bond motifs is 1. The first-order valence-electron chi connectivity index (χ1n) is 9.16. The van der Waals surface area contributed by atoms with Crippen molar-refractivity contribution in [2.45, 2.75) is 27.7 Å². The molecular weight excluding hydrogens is 378 g/mol. The lowest BCUT2D eigenvalue weighted by Crippen LogP contribution is -2.04. The Morgan fingerprint density at radius 3 is 2.54 bits per heavy atom. The van der Waals surface area contributed by atoms with E-state index in [1.165, 1.54) is 17.7 Å². The summed E-state index contributed by atoms with van der Waals surface area (Å²) in [6, 6.07) is 5.63. The van der Waals surface area contributed by atoms with Crippen LogP contribution in [0.15, 0.2) is 24.5 Å². The van der Waals surface area contributed by atoms with Crippen molar-refractivity contribution in [2.75, 3.05) is 25.1 Å². The maximum atomic E-state index is 12.2. The van der Waals surface area contributed by atoms with E-state index in [-0.39, 0.29) is 5.97 Å². The van der Waals surface area contributed by atoms with Gasteiger partial charge in [-0.15, -0.1) is 11.3 Å². The van der Waals surface area contributed by atoms with E-state index in [0.29, 0.717) is 42.0 Å². The van der Waals surface area contributed by atoms with Crippen molar-refractivity contribution in [3.8, 4) is 11.5 Å². The van der Waals surface area contributed by atoms with Crippen molar-refractivity contribution in [2.24, 2.45) is 0 Å². The highest BCUT2D eigenvalue weighted by atomic mass is 32.1. The van der Waals surface area contributed by atoms with Crippen molar-refractivity contribution >= 4 is 39.0 Å². The third kappa shape index (κ3) is 4.01. The number of anilines is 2. The van der Waals surface area contributed by atoms with Gasteiger partial charge in [0, 0.05) is 11.8 Å². The number of benzene rings is 1. The largest absolute Gasteiger partial charge is 0.490 e. The van der Waals surface area contributed by atoms with Crippen LogP contribution in [0.2, 0.25) is 0 Å². The SMILES string of the molecule is CCOC(=O)c1sc2ncnc(Nc3ccc(OCC)c(OCC)c3)c2c1C. The van der Waals surface area contributed by atoms with Crippen molar-refractivity contribution in [1.29, 1.82) is 0 Å². The van der Waals surface area contributed by atoms with E-state index < -0.39 is 0 Å². The first-order chi connectivity index (χ1) is 13.6. The van der Waals surface area contributed by atoms with Crippen LogP contribution in [0.5, 0.6) is 11.5 Å². The number of nitrogens with one attached hydrogen (secondary N) is 1. The molecular formula is C20H23N3O4S. The second kappa shape index (κ2) is 8.88. The minimum atomic E-state index is -0.339. The molecule has 1 aromatic carbocycles. The van der Waals surface area contributed by atoms with Gasteiger partial charge in [0.2, 0.25) is 0 Å². The number of carbonyl (C=O) groups is 1. The fourth-order valence-electron chi connectivity index (χ4n) is 2.82. The lowest BCUT2D eigenvalue weighted by atomic mass is 10.2. The second-order valence-electron chi connectivity index (χ2n) is 5.83. The molecule has 0 saturated heterocycles. The summed E-state index contributed by atoms with van der Waals surface area (Å²) in [5, 5.41) is 4.12. The Morgan fingerprint density at radius 1 is 1.07 bits per heavy atom. The summed E-state index contributed by atoms with van der Waals surface area (Å²) >= 11 is 1.31. The van der Waals surface area contributed by atoms with E-state index in [1.54, 1.807) is 6.92 Å². The molecule has 0 radical (unpaired) electrons. The number of carbonyl (C=O) groups excluding carboxylic acids is 1. The highest BCUT2D eigenvalue weighted by molar-refractivity contribution is 7.20. The van der Waals surface area contributed by atoms with E-state index in [2.05, 4.69) is 15.3 Å². The average molecular weight is 401 g/mol. The van der Waals surface area contributed by atoms with E-state index in [4.69, 9.17) is 14.2 Å². The van der Waals surface area contributed by atoms with Gasteiger partial charge in [0.1, 0.15) is 21.9 Å². The normalized spacial score (nSPS) is 10.7. The topological polar surface area (TPSA) is 82.6 Å². The Labute approximate surface area is 167 Å². The number of esters is 1. The van der Waals surface area contributed by atoms with Crippen LogP contribution in [-0.4, -0.2) is 35.8 Å². The molecule has 28 heavy (non-hydrogen) atoms. The first kappa shape index (κ1) is 19.9. The summed E-state index contributed by atoms with van der Waals surface area (Å²) in [4.78, 5) is 22.2. The maximum Gasteiger partial charge on any atom is 0.348 e. The molecule has 148 valence electrons. The molecule has 0 spiro atoms. The summed E-state index contributed by atoms with van der Waals surface area (Å²) in [5.41, 5.74) is 1.60. The molecule has 0 aliphatic carbocycles. The Kier molecular flexibility index (Phi) is 6.30. The van der Waals surface area contributed by atoms with Crippen LogP contribution in [0, 0.1) is 6.92 Å². The van der Waals surface area contributed by atoms with Crippen molar-refractivity contribution in [3.05, 3.63) is 35.0 Å². The first-order valence-corrected chi connectivity index (χ1v) is 9.98. The van der Waals surface area contributed by atoms with E-state index >= 15 is 0 Å². The number of ether oxygens (including phenoxy) is 3. The summed E-state index contributed by atoms with van der Waals surface area (Å²) in [6.45, 7) is 8.95. The minimum absolute atomic E-state index is 0.329. The summed E-state index contributed by atoms with van der Waals surface area (Å²) in [6.07, 6.45) is 1.48. The van der Waals surface area contributed by atoms with Gasteiger partial charge in [-0.2, -0.15) is 0 Å². The zero-order chi connectivity index (χ0) is 20.1. The van der Waals surface area contributed by atoms with Crippen LogP contribution in [0.4, 0.5) is 11.5 Å². The maximum absolute atomic E-state index is 12.2. The van der Waals surface area contributed by atoms with E-state index in [1.807, 2.05) is 39.0 Å². The summed E-state index contributed by atoms with van der Waals surface area (Å²) < 4.78 is 16.4. The summed E-state index contributed by atoms with van der Waals surface area (Å²) in [7, 11) is 0. The van der Waals surface area contributed by atoms with Gasteiger partial charge in [0.15, 0.2) is 11.5 Å². The van der Waals surface area contributed by atoms with Crippen LogP contribution in [0.3, 0.4) is 0 Å². The van der Waals surface area contributed by atoms with Gasteiger partial charge in [-0.25, -0.2) is 14.8 Å². The molecule has 0 unspecified atom stereocenters. The van der Waals surface area contributed by atoms with Crippen molar-refractivity contribution in [1.82, 2.24) is 9.97 Å². The zero-order valence-corrected chi connectivity index (χ0v) is 17.2. The molecule has 0 bridgehead atoms. The molecule has 0 aliphatic heterocycles. The van der Waals surface area contributed by atoms with Crippen LogP contribution in [0.1, 0.15) is 36.0 Å². The monoisotopic (exact) mass is 401 g/mol. The van der Waals surface area contributed by atoms with E-state index in [9.17, 15) is 4.79 Å². The number of thiophene rings is 1. The van der Waals surface area contributed by atoms with Gasteiger partial charge < -0.3 is 19.5 Å².